The smallest absolute Gasteiger partial charge is 0.312 e. The predicted octanol–water partition coefficient (Wildman–Crippen LogP) is 3.56. The monoisotopic (exact) mass is 424 g/mol. The molecule has 0 aliphatic heterocycles. The van der Waals surface area contributed by atoms with Crippen molar-refractivity contribution in [2.45, 2.75) is 54.3 Å². The number of hydrogen-bond donors (Lipinski definition) is 0. The molecule has 2 aromatic heterocycles. The Kier molecular flexibility index (Phi) is 6.24. The van der Waals surface area contributed by atoms with Gasteiger partial charge in [-0.1, -0.05) is 12.1 Å². The van der Waals surface area contributed by atoms with Gasteiger partial charge in [0, 0.05) is 37.0 Å². The second-order valence-corrected chi connectivity index (χ2v) is 7.76. The number of nitro groups is 1. The normalized spacial score (nSPS) is 11.0. The topological polar surface area (TPSA) is 99.1 Å². The second-order valence-electron chi connectivity index (χ2n) is 7.76. The van der Waals surface area contributed by atoms with E-state index in [1.165, 1.54) is 0 Å². The Morgan fingerprint density at radius 2 is 1.77 bits per heavy atom. The van der Waals surface area contributed by atoms with Crippen molar-refractivity contribution < 1.29 is 9.72 Å². The van der Waals surface area contributed by atoms with Crippen LogP contribution in [-0.4, -0.2) is 42.3 Å². The van der Waals surface area contributed by atoms with E-state index < -0.39 is 4.92 Å². The lowest BCUT2D eigenvalue weighted by Crippen LogP contribution is -2.27. The van der Waals surface area contributed by atoms with Crippen LogP contribution in [0.5, 0.6) is 0 Å². The fourth-order valence-corrected chi connectivity index (χ4v) is 3.88. The number of amides is 1. The summed E-state index contributed by atoms with van der Waals surface area (Å²) in [6.45, 7) is 10.9. The molecule has 1 aromatic carbocycles. The van der Waals surface area contributed by atoms with Crippen LogP contribution in [0.4, 0.5) is 5.69 Å². The lowest BCUT2D eigenvalue weighted by Gasteiger charge is -2.18. The average molecular weight is 425 g/mol. The minimum atomic E-state index is -0.409. The third kappa shape index (κ3) is 4.35. The summed E-state index contributed by atoms with van der Waals surface area (Å²) in [5, 5.41) is 20.1. The van der Waals surface area contributed by atoms with Crippen LogP contribution in [0.1, 0.15) is 51.2 Å². The quantitative estimate of drug-likeness (QED) is 0.426. The van der Waals surface area contributed by atoms with Gasteiger partial charge in [-0.3, -0.25) is 24.3 Å². The molecule has 0 fully saturated rings. The Morgan fingerprint density at radius 3 is 2.35 bits per heavy atom. The summed E-state index contributed by atoms with van der Waals surface area (Å²) in [4.78, 5) is 25.6. The van der Waals surface area contributed by atoms with Crippen LogP contribution >= 0.6 is 0 Å². The van der Waals surface area contributed by atoms with E-state index in [4.69, 9.17) is 0 Å². The average Bonchev–Trinajstić information content (AvgIpc) is 3.16. The van der Waals surface area contributed by atoms with Crippen molar-refractivity contribution in [2.24, 2.45) is 0 Å². The van der Waals surface area contributed by atoms with Crippen molar-refractivity contribution in [3.05, 3.63) is 73.8 Å². The second kappa shape index (κ2) is 8.71. The zero-order chi connectivity index (χ0) is 22.9. The standard InChI is InChI=1S/C22H28N6O3/c1-7-26-16(4)20(14(2)23-26)13-25(6)22(29)19-10-8-9-18(11-19)12-27-17(5)21(28(30)31)15(3)24-27/h8-11H,7,12-13H2,1-6H3. The molecule has 9 heteroatoms. The number of rotatable bonds is 7. The van der Waals surface area contributed by atoms with Crippen LogP contribution in [0.25, 0.3) is 0 Å². The van der Waals surface area contributed by atoms with Gasteiger partial charge in [0.25, 0.3) is 5.91 Å². The highest BCUT2D eigenvalue weighted by Gasteiger charge is 2.22. The number of aryl methyl sites for hydroxylation is 3. The molecule has 3 rings (SSSR count). The number of benzene rings is 1. The molecule has 164 valence electrons. The third-order valence-electron chi connectivity index (χ3n) is 5.61. The number of carbonyl (C=O) groups is 1. The van der Waals surface area contributed by atoms with Gasteiger partial charge in [-0.25, -0.2) is 0 Å². The maximum atomic E-state index is 13.1. The van der Waals surface area contributed by atoms with E-state index in [-0.39, 0.29) is 11.6 Å². The van der Waals surface area contributed by atoms with Gasteiger partial charge in [0.05, 0.1) is 17.2 Å². The molecular formula is C22H28N6O3. The zero-order valence-corrected chi connectivity index (χ0v) is 18.8. The number of hydrogen-bond acceptors (Lipinski definition) is 5. The molecule has 0 unspecified atom stereocenters. The highest BCUT2D eigenvalue weighted by atomic mass is 16.6. The molecule has 0 bridgehead atoms. The van der Waals surface area contributed by atoms with E-state index in [9.17, 15) is 14.9 Å². The molecule has 9 nitrogen and oxygen atoms in total. The van der Waals surface area contributed by atoms with E-state index >= 15 is 0 Å². The molecule has 1 amide bonds. The molecule has 0 N–H and O–H groups in total. The number of aromatic nitrogens is 4. The van der Waals surface area contributed by atoms with Crippen LogP contribution < -0.4 is 0 Å². The molecule has 0 radical (unpaired) electrons. The van der Waals surface area contributed by atoms with Crippen molar-refractivity contribution >= 4 is 11.6 Å². The summed E-state index contributed by atoms with van der Waals surface area (Å²) in [5.41, 5.74) is 5.38. The summed E-state index contributed by atoms with van der Waals surface area (Å²) in [7, 11) is 1.78. The zero-order valence-electron chi connectivity index (χ0n) is 18.8. The summed E-state index contributed by atoms with van der Waals surface area (Å²) >= 11 is 0. The minimum Gasteiger partial charge on any atom is -0.337 e. The number of carbonyl (C=O) groups excluding carboxylic acids is 1. The van der Waals surface area contributed by atoms with E-state index in [1.54, 1.807) is 36.5 Å². The Morgan fingerprint density at radius 1 is 1.10 bits per heavy atom. The predicted molar refractivity (Wildman–Crippen MR) is 117 cm³/mol. The van der Waals surface area contributed by atoms with E-state index in [0.29, 0.717) is 30.0 Å². The maximum Gasteiger partial charge on any atom is 0.312 e. The van der Waals surface area contributed by atoms with Crippen molar-refractivity contribution in [3.8, 4) is 0 Å². The molecule has 3 aromatic rings. The molecule has 2 heterocycles. The summed E-state index contributed by atoms with van der Waals surface area (Å²) in [6, 6.07) is 7.30. The third-order valence-corrected chi connectivity index (χ3v) is 5.61. The van der Waals surface area contributed by atoms with Crippen molar-refractivity contribution in [1.29, 1.82) is 0 Å². The minimum absolute atomic E-state index is 0.0327. The lowest BCUT2D eigenvalue weighted by molar-refractivity contribution is -0.386. The first-order valence-corrected chi connectivity index (χ1v) is 10.2. The SMILES string of the molecule is CCn1nc(C)c(CN(C)C(=O)c2cccc(Cn3nc(C)c([N+](=O)[O-])c3C)c2)c1C. The van der Waals surface area contributed by atoms with Gasteiger partial charge in [-0.2, -0.15) is 10.2 Å². The summed E-state index contributed by atoms with van der Waals surface area (Å²) in [5.74, 6) is -0.0933. The summed E-state index contributed by atoms with van der Waals surface area (Å²) < 4.78 is 3.55. The highest BCUT2D eigenvalue weighted by molar-refractivity contribution is 5.94. The lowest BCUT2D eigenvalue weighted by atomic mass is 10.1. The Bertz CT molecular complexity index is 1140. The Hall–Kier alpha value is -3.49. The van der Waals surface area contributed by atoms with Gasteiger partial charge >= 0.3 is 5.69 Å². The first kappa shape index (κ1) is 22.2. The number of nitrogens with zero attached hydrogens (tertiary/aromatic N) is 6. The van der Waals surface area contributed by atoms with Gasteiger partial charge in [0.15, 0.2) is 0 Å². The van der Waals surface area contributed by atoms with Gasteiger partial charge < -0.3 is 4.90 Å². The molecule has 0 saturated heterocycles. The summed E-state index contributed by atoms with van der Waals surface area (Å²) in [6.07, 6.45) is 0. The molecule has 0 spiro atoms. The van der Waals surface area contributed by atoms with Gasteiger partial charge in [0.2, 0.25) is 0 Å². The van der Waals surface area contributed by atoms with Gasteiger partial charge in [0.1, 0.15) is 11.4 Å². The van der Waals surface area contributed by atoms with E-state index in [0.717, 1.165) is 29.1 Å². The molecule has 31 heavy (non-hydrogen) atoms. The fraction of sp³-hybridized carbons (Fsp3) is 0.409. The van der Waals surface area contributed by atoms with Crippen LogP contribution in [0.15, 0.2) is 24.3 Å². The van der Waals surface area contributed by atoms with Crippen LogP contribution in [-0.2, 0) is 19.6 Å². The van der Waals surface area contributed by atoms with Crippen molar-refractivity contribution in [3.63, 3.8) is 0 Å². The van der Waals surface area contributed by atoms with Crippen LogP contribution in [0, 0.1) is 37.8 Å². The Labute approximate surface area is 181 Å². The van der Waals surface area contributed by atoms with Crippen LogP contribution in [0.3, 0.4) is 0 Å². The largest absolute Gasteiger partial charge is 0.337 e. The van der Waals surface area contributed by atoms with Crippen molar-refractivity contribution in [2.75, 3.05) is 7.05 Å². The van der Waals surface area contributed by atoms with Gasteiger partial charge in [-0.05, 0) is 52.3 Å². The maximum absolute atomic E-state index is 13.1. The molecule has 0 aliphatic rings. The van der Waals surface area contributed by atoms with Crippen molar-refractivity contribution in [1.82, 2.24) is 24.5 Å². The molecular weight excluding hydrogens is 396 g/mol. The molecule has 0 aliphatic carbocycles. The highest BCUT2D eigenvalue weighted by Crippen LogP contribution is 2.23. The van der Waals surface area contributed by atoms with Crippen LogP contribution in [0.2, 0.25) is 0 Å². The first-order chi connectivity index (χ1) is 14.6. The fourth-order valence-electron chi connectivity index (χ4n) is 3.88. The molecule has 0 atom stereocenters. The Balaban J connectivity index is 1.80. The van der Waals surface area contributed by atoms with Gasteiger partial charge in [-0.15, -0.1) is 0 Å². The first-order valence-electron chi connectivity index (χ1n) is 10.2. The molecule has 0 saturated carbocycles. The van der Waals surface area contributed by atoms with E-state index in [2.05, 4.69) is 10.2 Å². The van der Waals surface area contributed by atoms with E-state index in [1.807, 2.05) is 43.7 Å².